The summed E-state index contributed by atoms with van der Waals surface area (Å²) in [7, 11) is 0. The summed E-state index contributed by atoms with van der Waals surface area (Å²) in [5.41, 5.74) is 0.0479. The van der Waals surface area contributed by atoms with Crippen molar-refractivity contribution in [3.63, 3.8) is 0 Å². The van der Waals surface area contributed by atoms with E-state index in [0.717, 1.165) is 13.1 Å². The number of hydrogen-bond acceptors (Lipinski definition) is 3. The molecule has 1 aliphatic rings. The molecule has 0 aromatic carbocycles. The highest BCUT2D eigenvalue weighted by Crippen LogP contribution is 2.38. The van der Waals surface area contributed by atoms with Gasteiger partial charge in [-0.15, -0.1) is 0 Å². The summed E-state index contributed by atoms with van der Waals surface area (Å²) in [6.45, 7) is 10.5. The van der Waals surface area contributed by atoms with Crippen molar-refractivity contribution in [3.8, 4) is 0 Å². The lowest BCUT2D eigenvalue weighted by molar-refractivity contribution is -0.151. The Morgan fingerprint density at radius 3 is 2.79 bits per heavy atom. The molecule has 1 rings (SSSR count). The molecule has 2 unspecified atom stereocenters. The van der Waals surface area contributed by atoms with Gasteiger partial charge in [-0.2, -0.15) is 0 Å². The molecule has 0 aromatic rings. The summed E-state index contributed by atoms with van der Waals surface area (Å²) >= 11 is 0. The van der Waals surface area contributed by atoms with E-state index in [0.29, 0.717) is 12.5 Å². The predicted molar refractivity (Wildman–Crippen MR) is 55.9 cm³/mol. The standard InChI is InChI=1S/C11H21NO2/c1-5-14-10(13)9-6-12-7-11(9,4)8(2)3/h8-9,12H,5-7H2,1-4H3. The molecular formula is C11H21NO2. The maximum absolute atomic E-state index is 11.7. The van der Waals surface area contributed by atoms with Crippen LogP contribution in [0.1, 0.15) is 27.7 Å². The van der Waals surface area contributed by atoms with Gasteiger partial charge in [0.15, 0.2) is 0 Å². The number of nitrogens with one attached hydrogen (secondary N) is 1. The van der Waals surface area contributed by atoms with Crippen LogP contribution in [0.4, 0.5) is 0 Å². The number of carbonyl (C=O) groups is 1. The molecular weight excluding hydrogens is 178 g/mol. The smallest absolute Gasteiger partial charge is 0.310 e. The minimum absolute atomic E-state index is 0.0162. The average Bonchev–Trinajstić information content (AvgIpc) is 2.49. The van der Waals surface area contributed by atoms with E-state index in [1.807, 2.05) is 6.92 Å². The fourth-order valence-electron chi connectivity index (χ4n) is 2.04. The van der Waals surface area contributed by atoms with Gasteiger partial charge < -0.3 is 10.1 Å². The van der Waals surface area contributed by atoms with Crippen LogP contribution in [0.5, 0.6) is 0 Å². The molecule has 0 saturated carbocycles. The lowest BCUT2D eigenvalue weighted by Crippen LogP contribution is -2.37. The second-order valence-corrected chi connectivity index (χ2v) is 4.60. The van der Waals surface area contributed by atoms with Crippen molar-refractivity contribution in [2.75, 3.05) is 19.7 Å². The van der Waals surface area contributed by atoms with Gasteiger partial charge in [-0.3, -0.25) is 4.79 Å². The summed E-state index contributed by atoms with van der Waals surface area (Å²) < 4.78 is 5.09. The summed E-state index contributed by atoms with van der Waals surface area (Å²) in [5, 5.41) is 3.28. The molecule has 1 N–H and O–H groups in total. The Bertz CT molecular complexity index is 215. The highest BCUT2D eigenvalue weighted by Gasteiger charge is 2.45. The summed E-state index contributed by atoms with van der Waals surface area (Å²) in [6.07, 6.45) is 0. The highest BCUT2D eigenvalue weighted by atomic mass is 16.5. The van der Waals surface area contributed by atoms with Crippen LogP contribution >= 0.6 is 0 Å². The molecule has 0 aromatic heterocycles. The molecule has 0 radical (unpaired) electrons. The number of carbonyl (C=O) groups excluding carboxylic acids is 1. The first-order chi connectivity index (χ1) is 6.52. The average molecular weight is 199 g/mol. The summed E-state index contributed by atoms with van der Waals surface area (Å²) in [5.74, 6) is 0.461. The van der Waals surface area contributed by atoms with E-state index < -0.39 is 0 Å². The van der Waals surface area contributed by atoms with Gasteiger partial charge in [0, 0.05) is 13.1 Å². The fraction of sp³-hybridized carbons (Fsp3) is 0.909. The molecule has 1 saturated heterocycles. The maximum atomic E-state index is 11.7. The van der Waals surface area contributed by atoms with Gasteiger partial charge in [0.25, 0.3) is 0 Å². The Kier molecular flexibility index (Phi) is 3.53. The van der Waals surface area contributed by atoms with Crippen LogP contribution in [0.2, 0.25) is 0 Å². The van der Waals surface area contributed by atoms with Crippen LogP contribution in [-0.4, -0.2) is 25.7 Å². The van der Waals surface area contributed by atoms with Crippen molar-refractivity contribution in [2.45, 2.75) is 27.7 Å². The summed E-state index contributed by atoms with van der Waals surface area (Å²) in [4.78, 5) is 11.7. The van der Waals surface area contributed by atoms with Crippen LogP contribution in [-0.2, 0) is 9.53 Å². The minimum Gasteiger partial charge on any atom is -0.466 e. The van der Waals surface area contributed by atoms with Gasteiger partial charge in [-0.05, 0) is 18.3 Å². The molecule has 3 heteroatoms. The van der Waals surface area contributed by atoms with Crippen molar-refractivity contribution < 1.29 is 9.53 Å². The van der Waals surface area contributed by atoms with Gasteiger partial charge in [-0.25, -0.2) is 0 Å². The lowest BCUT2D eigenvalue weighted by Gasteiger charge is -2.33. The maximum Gasteiger partial charge on any atom is 0.310 e. The zero-order chi connectivity index (χ0) is 10.8. The van der Waals surface area contributed by atoms with E-state index in [1.165, 1.54) is 0 Å². The second kappa shape index (κ2) is 4.30. The van der Waals surface area contributed by atoms with E-state index in [4.69, 9.17) is 4.74 Å². The molecule has 1 fully saturated rings. The van der Waals surface area contributed by atoms with Crippen molar-refractivity contribution in [1.29, 1.82) is 0 Å². The summed E-state index contributed by atoms with van der Waals surface area (Å²) in [6, 6.07) is 0. The SMILES string of the molecule is CCOC(=O)C1CNCC1(C)C(C)C. The van der Waals surface area contributed by atoms with E-state index in [2.05, 4.69) is 26.1 Å². The monoisotopic (exact) mass is 199 g/mol. The number of esters is 1. The zero-order valence-electron chi connectivity index (χ0n) is 9.59. The van der Waals surface area contributed by atoms with Crippen LogP contribution in [0.15, 0.2) is 0 Å². The Balaban J connectivity index is 2.72. The van der Waals surface area contributed by atoms with Crippen molar-refractivity contribution in [1.82, 2.24) is 5.32 Å². The van der Waals surface area contributed by atoms with Gasteiger partial charge in [0.05, 0.1) is 12.5 Å². The Labute approximate surface area is 86.2 Å². The Morgan fingerprint density at radius 2 is 2.29 bits per heavy atom. The van der Waals surface area contributed by atoms with E-state index in [1.54, 1.807) is 0 Å². The third-order valence-corrected chi connectivity index (χ3v) is 3.54. The van der Waals surface area contributed by atoms with E-state index in [9.17, 15) is 4.79 Å². The lowest BCUT2D eigenvalue weighted by atomic mass is 9.71. The third kappa shape index (κ3) is 1.92. The molecule has 3 nitrogen and oxygen atoms in total. The first-order valence-electron chi connectivity index (χ1n) is 5.39. The number of rotatable bonds is 3. The van der Waals surface area contributed by atoms with E-state index >= 15 is 0 Å². The topological polar surface area (TPSA) is 38.3 Å². The predicted octanol–water partition coefficient (Wildman–Crippen LogP) is 1.43. The molecule has 0 bridgehead atoms. The molecule has 0 spiro atoms. The highest BCUT2D eigenvalue weighted by molar-refractivity contribution is 5.74. The quantitative estimate of drug-likeness (QED) is 0.699. The largest absolute Gasteiger partial charge is 0.466 e. The van der Waals surface area contributed by atoms with Crippen molar-refractivity contribution in [2.24, 2.45) is 17.3 Å². The van der Waals surface area contributed by atoms with Crippen molar-refractivity contribution >= 4 is 5.97 Å². The molecule has 1 aliphatic heterocycles. The van der Waals surface area contributed by atoms with Gasteiger partial charge >= 0.3 is 5.97 Å². The van der Waals surface area contributed by atoms with Crippen LogP contribution in [0, 0.1) is 17.3 Å². The number of ether oxygens (including phenoxy) is 1. The Hall–Kier alpha value is -0.570. The normalized spacial score (nSPS) is 32.2. The number of hydrogen-bond donors (Lipinski definition) is 1. The van der Waals surface area contributed by atoms with Crippen molar-refractivity contribution in [3.05, 3.63) is 0 Å². The molecule has 82 valence electrons. The first kappa shape index (κ1) is 11.5. The fourth-order valence-corrected chi connectivity index (χ4v) is 2.04. The van der Waals surface area contributed by atoms with Crippen LogP contribution in [0.3, 0.4) is 0 Å². The second-order valence-electron chi connectivity index (χ2n) is 4.60. The molecule has 2 atom stereocenters. The molecule has 14 heavy (non-hydrogen) atoms. The molecule has 1 heterocycles. The zero-order valence-corrected chi connectivity index (χ0v) is 9.59. The van der Waals surface area contributed by atoms with Gasteiger partial charge in [-0.1, -0.05) is 20.8 Å². The van der Waals surface area contributed by atoms with E-state index in [-0.39, 0.29) is 17.3 Å². The van der Waals surface area contributed by atoms with Gasteiger partial charge in [0.1, 0.15) is 0 Å². The van der Waals surface area contributed by atoms with Crippen LogP contribution < -0.4 is 5.32 Å². The first-order valence-corrected chi connectivity index (χ1v) is 5.39. The Morgan fingerprint density at radius 1 is 1.64 bits per heavy atom. The molecule has 0 aliphatic carbocycles. The van der Waals surface area contributed by atoms with Gasteiger partial charge in [0.2, 0.25) is 0 Å². The minimum atomic E-state index is -0.0475. The third-order valence-electron chi connectivity index (χ3n) is 3.54. The van der Waals surface area contributed by atoms with Crippen LogP contribution in [0.25, 0.3) is 0 Å². The molecule has 0 amide bonds.